The molecule has 0 aliphatic carbocycles. The Kier molecular flexibility index (Phi) is 3.21. The van der Waals surface area contributed by atoms with Crippen molar-refractivity contribution in [1.29, 1.82) is 0 Å². The lowest BCUT2D eigenvalue weighted by Crippen LogP contribution is -2.13. The van der Waals surface area contributed by atoms with E-state index in [4.69, 9.17) is 0 Å². The van der Waals surface area contributed by atoms with E-state index < -0.39 is 0 Å². The zero-order valence-corrected chi connectivity index (χ0v) is 11.8. The smallest absolute Gasteiger partial charge is 0.273 e. The van der Waals surface area contributed by atoms with Crippen LogP contribution in [0.4, 0.5) is 10.2 Å². The SMILES string of the molecule is CCn1nc(NC(=O)c2cc3ccc(F)cc3[nH]2)cc1C. The van der Waals surface area contributed by atoms with Crippen LogP contribution in [0.2, 0.25) is 0 Å². The quantitative estimate of drug-likeness (QED) is 0.777. The summed E-state index contributed by atoms with van der Waals surface area (Å²) >= 11 is 0. The predicted molar refractivity (Wildman–Crippen MR) is 78.8 cm³/mol. The maximum Gasteiger partial charge on any atom is 0.273 e. The van der Waals surface area contributed by atoms with Crippen LogP contribution in [0.25, 0.3) is 10.9 Å². The molecule has 5 nitrogen and oxygen atoms in total. The Bertz CT molecular complexity index is 818. The van der Waals surface area contributed by atoms with Crippen LogP contribution < -0.4 is 5.32 Å². The zero-order valence-electron chi connectivity index (χ0n) is 11.8. The normalized spacial score (nSPS) is 11.0. The van der Waals surface area contributed by atoms with Crippen molar-refractivity contribution in [2.24, 2.45) is 0 Å². The van der Waals surface area contributed by atoms with Gasteiger partial charge in [-0.2, -0.15) is 5.10 Å². The van der Waals surface area contributed by atoms with Crippen molar-refractivity contribution in [3.63, 3.8) is 0 Å². The molecule has 6 heteroatoms. The summed E-state index contributed by atoms with van der Waals surface area (Å²) in [5.74, 6) is -0.134. The number of benzene rings is 1. The highest BCUT2D eigenvalue weighted by atomic mass is 19.1. The van der Waals surface area contributed by atoms with Crippen LogP contribution in [0.5, 0.6) is 0 Å². The third kappa shape index (κ3) is 2.52. The molecular formula is C15H15FN4O. The van der Waals surface area contributed by atoms with Gasteiger partial charge in [-0.25, -0.2) is 4.39 Å². The van der Waals surface area contributed by atoms with Crippen molar-refractivity contribution in [3.8, 4) is 0 Å². The Morgan fingerprint density at radius 1 is 1.38 bits per heavy atom. The number of H-pyrrole nitrogens is 1. The molecule has 0 fully saturated rings. The Hall–Kier alpha value is -2.63. The van der Waals surface area contributed by atoms with E-state index in [1.165, 1.54) is 12.1 Å². The summed E-state index contributed by atoms with van der Waals surface area (Å²) < 4.78 is 14.9. The van der Waals surface area contributed by atoms with Gasteiger partial charge in [-0.3, -0.25) is 9.48 Å². The maximum atomic E-state index is 13.1. The molecular weight excluding hydrogens is 271 g/mol. The minimum absolute atomic E-state index is 0.299. The molecule has 2 aromatic heterocycles. The molecule has 0 atom stereocenters. The van der Waals surface area contributed by atoms with Gasteiger partial charge >= 0.3 is 0 Å². The summed E-state index contributed by atoms with van der Waals surface area (Å²) in [5, 5.41) is 7.79. The third-order valence-corrected chi connectivity index (χ3v) is 3.35. The Morgan fingerprint density at radius 2 is 2.19 bits per heavy atom. The molecule has 0 aliphatic rings. The van der Waals surface area contributed by atoms with E-state index in [2.05, 4.69) is 15.4 Å². The van der Waals surface area contributed by atoms with Crippen molar-refractivity contribution in [2.45, 2.75) is 20.4 Å². The number of amides is 1. The topological polar surface area (TPSA) is 62.7 Å². The van der Waals surface area contributed by atoms with Gasteiger partial charge in [0.2, 0.25) is 0 Å². The van der Waals surface area contributed by atoms with E-state index in [0.29, 0.717) is 17.0 Å². The highest BCUT2D eigenvalue weighted by Crippen LogP contribution is 2.17. The number of aryl methyl sites for hydroxylation is 2. The number of rotatable bonds is 3. The minimum atomic E-state index is -0.339. The fourth-order valence-corrected chi connectivity index (χ4v) is 2.30. The molecule has 0 saturated carbocycles. The van der Waals surface area contributed by atoms with Crippen LogP contribution >= 0.6 is 0 Å². The zero-order chi connectivity index (χ0) is 15.0. The van der Waals surface area contributed by atoms with Crippen LogP contribution in [0, 0.1) is 12.7 Å². The average Bonchev–Trinajstić information content (AvgIpc) is 3.01. The van der Waals surface area contributed by atoms with Crippen molar-refractivity contribution >= 4 is 22.6 Å². The fourth-order valence-electron chi connectivity index (χ4n) is 2.30. The van der Waals surface area contributed by atoms with Crippen LogP contribution in [-0.2, 0) is 6.54 Å². The highest BCUT2D eigenvalue weighted by molar-refractivity contribution is 6.05. The number of aromatic nitrogens is 3. The van der Waals surface area contributed by atoms with E-state index >= 15 is 0 Å². The van der Waals surface area contributed by atoms with Crippen LogP contribution in [0.3, 0.4) is 0 Å². The first-order valence-corrected chi connectivity index (χ1v) is 6.71. The van der Waals surface area contributed by atoms with E-state index in [0.717, 1.165) is 17.6 Å². The maximum absolute atomic E-state index is 13.1. The molecule has 0 radical (unpaired) electrons. The number of fused-ring (bicyclic) bond motifs is 1. The van der Waals surface area contributed by atoms with E-state index in [1.807, 2.05) is 19.9 Å². The molecule has 1 aromatic carbocycles. The second-order valence-electron chi connectivity index (χ2n) is 4.86. The van der Waals surface area contributed by atoms with Crippen LogP contribution in [-0.4, -0.2) is 20.7 Å². The Balaban J connectivity index is 1.86. The highest BCUT2D eigenvalue weighted by Gasteiger charge is 2.12. The van der Waals surface area contributed by atoms with Crippen LogP contribution in [0.1, 0.15) is 23.1 Å². The number of anilines is 1. The molecule has 21 heavy (non-hydrogen) atoms. The standard InChI is InChI=1S/C15H15FN4O/c1-3-20-9(2)6-14(19-20)18-15(21)13-7-10-4-5-11(16)8-12(10)17-13/h4-8,17H,3H2,1-2H3,(H,18,19,21). The van der Waals surface area contributed by atoms with Gasteiger partial charge in [-0.05, 0) is 38.1 Å². The molecule has 0 unspecified atom stereocenters. The number of halogens is 1. The third-order valence-electron chi connectivity index (χ3n) is 3.35. The number of carbonyl (C=O) groups excluding carboxylic acids is 1. The summed E-state index contributed by atoms with van der Waals surface area (Å²) in [6.45, 7) is 4.66. The number of nitrogens with one attached hydrogen (secondary N) is 2. The van der Waals surface area contributed by atoms with Crippen molar-refractivity contribution in [1.82, 2.24) is 14.8 Å². The second kappa shape index (κ2) is 5.05. The monoisotopic (exact) mass is 286 g/mol. The number of aromatic amines is 1. The van der Waals surface area contributed by atoms with Gasteiger partial charge < -0.3 is 10.3 Å². The number of carbonyl (C=O) groups is 1. The molecule has 0 aliphatic heterocycles. The lowest BCUT2D eigenvalue weighted by molar-refractivity contribution is 0.102. The lowest BCUT2D eigenvalue weighted by atomic mass is 10.2. The summed E-state index contributed by atoms with van der Waals surface area (Å²) in [7, 11) is 0. The van der Waals surface area contributed by atoms with Gasteiger partial charge in [0.25, 0.3) is 5.91 Å². The number of nitrogens with zero attached hydrogens (tertiary/aromatic N) is 2. The second-order valence-corrected chi connectivity index (χ2v) is 4.86. The first-order chi connectivity index (χ1) is 10.1. The molecule has 2 heterocycles. The van der Waals surface area contributed by atoms with Gasteiger partial charge in [0.15, 0.2) is 5.82 Å². The summed E-state index contributed by atoms with van der Waals surface area (Å²) in [4.78, 5) is 15.1. The summed E-state index contributed by atoms with van der Waals surface area (Å²) in [6, 6.07) is 7.86. The number of hydrogen-bond acceptors (Lipinski definition) is 2. The van der Waals surface area contributed by atoms with Gasteiger partial charge in [0, 0.05) is 29.2 Å². The van der Waals surface area contributed by atoms with Gasteiger partial charge in [0.05, 0.1) is 0 Å². The summed E-state index contributed by atoms with van der Waals surface area (Å²) in [5.41, 5.74) is 1.95. The largest absolute Gasteiger partial charge is 0.350 e. The number of hydrogen-bond donors (Lipinski definition) is 2. The minimum Gasteiger partial charge on any atom is -0.350 e. The van der Waals surface area contributed by atoms with Crippen molar-refractivity contribution < 1.29 is 9.18 Å². The van der Waals surface area contributed by atoms with Gasteiger partial charge in [0.1, 0.15) is 11.5 Å². The molecule has 0 bridgehead atoms. The van der Waals surface area contributed by atoms with Crippen molar-refractivity contribution in [3.05, 3.63) is 47.5 Å². The van der Waals surface area contributed by atoms with Crippen LogP contribution in [0.15, 0.2) is 30.3 Å². The average molecular weight is 286 g/mol. The lowest BCUT2D eigenvalue weighted by Gasteiger charge is -1.99. The summed E-state index contributed by atoms with van der Waals surface area (Å²) in [6.07, 6.45) is 0. The fraction of sp³-hybridized carbons (Fsp3) is 0.200. The first kappa shape index (κ1) is 13.4. The molecule has 0 spiro atoms. The van der Waals surface area contributed by atoms with E-state index in [-0.39, 0.29) is 11.7 Å². The first-order valence-electron chi connectivity index (χ1n) is 6.71. The molecule has 2 N–H and O–H groups in total. The van der Waals surface area contributed by atoms with Gasteiger partial charge in [-0.1, -0.05) is 0 Å². The molecule has 0 saturated heterocycles. The van der Waals surface area contributed by atoms with Crippen molar-refractivity contribution in [2.75, 3.05) is 5.32 Å². The van der Waals surface area contributed by atoms with E-state index in [1.54, 1.807) is 16.8 Å². The molecule has 1 amide bonds. The molecule has 3 aromatic rings. The van der Waals surface area contributed by atoms with E-state index in [9.17, 15) is 9.18 Å². The Labute approximate surface area is 120 Å². The Morgan fingerprint density at radius 3 is 2.90 bits per heavy atom. The van der Waals surface area contributed by atoms with Gasteiger partial charge in [-0.15, -0.1) is 0 Å². The predicted octanol–water partition coefficient (Wildman–Crippen LogP) is 3.08. The molecule has 3 rings (SSSR count). The molecule has 108 valence electrons.